The summed E-state index contributed by atoms with van der Waals surface area (Å²) in [4.78, 5) is 21.0. The Labute approximate surface area is 53.4 Å². The van der Waals surface area contributed by atoms with Crippen molar-refractivity contribution in [3.8, 4) is 0 Å². The smallest absolute Gasteiger partial charge is 0.223 e. The van der Waals surface area contributed by atoms with E-state index in [9.17, 15) is 9.59 Å². The number of carbonyl (C=O) groups is 2. The third kappa shape index (κ3) is 1.09. The summed E-state index contributed by atoms with van der Waals surface area (Å²) in [6, 6.07) is -0.164. The lowest BCUT2D eigenvalue weighted by Gasteiger charge is -2.24. The van der Waals surface area contributed by atoms with E-state index in [1.54, 1.807) is 6.92 Å². The van der Waals surface area contributed by atoms with Gasteiger partial charge in [-0.3, -0.25) is 9.59 Å². The second-order valence-electron chi connectivity index (χ2n) is 2.14. The molecular formula is C6H9NO2. The van der Waals surface area contributed by atoms with Crippen molar-refractivity contribution >= 4 is 11.7 Å². The van der Waals surface area contributed by atoms with Crippen LogP contribution in [0.2, 0.25) is 0 Å². The van der Waals surface area contributed by atoms with Crippen LogP contribution in [0.5, 0.6) is 0 Å². The minimum absolute atomic E-state index is 0.0122. The molecule has 0 aromatic heterocycles. The molecule has 1 amide bonds. The highest BCUT2D eigenvalue weighted by atomic mass is 16.2. The standard InChI is InChI=1S/C6H9NO2/c1-2-5(8)4-3-6(9)7-4/h4H,2-3H2,1H3,(H,7,9)/t4-/m0/s1. The Hall–Kier alpha value is -0.860. The molecule has 1 atom stereocenters. The van der Waals surface area contributed by atoms with Crippen molar-refractivity contribution in [3.63, 3.8) is 0 Å². The van der Waals surface area contributed by atoms with Crippen molar-refractivity contribution in [2.75, 3.05) is 0 Å². The second-order valence-corrected chi connectivity index (χ2v) is 2.14. The summed E-state index contributed by atoms with van der Waals surface area (Å²) in [6.45, 7) is 1.80. The Bertz CT molecular complexity index is 145. The molecule has 0 saturated carbocycles. The van der Waals surface area contributed by atoms with Gasteiger partial charge in [0.15, 0.2) is 5.78 Å². The quantitative estimate of drug-likeness (QED) is 0.524. The summed E-state index contributed by atoms with van der Waals surface area (Å²) in [5, 5.41) is 2.50. The molecule has 1 saturated heterocycles. The van der Waals surface area contributed by atoms with E-state index < -0.39 is 0 Å². The van der Waals surface area contributed by atoms with Gasteiger partial charge >= 0.3 is 0 Å². The minimum atomic E-state index is -0.164. The van der Waals surface area contributed by atoms with E-state index in [2.05, 4.69) is 5.32 Å². The first-order valence-corrected chi connectivity index (χ1v) is 3.06. The van der Waals surface area contributed by atoms with Crippen molar-refractivity contribution in [1.82, 2.24) is 5.32 Å². The van der Waals surface area contributed by atoms with Gasteiger partial charge in [-0.25, -0.2) is 0 Å². The maximum absolute atomic E-state index is 10.7. The molecule has 9 heavy (non-hydrogen) atoms. The molecule has 1 fully saturated rings. The van der Waals surface area contributed by atoms with Gasteiger partial charge in [-0.1, -0.05) is 6.92 Å². The van der Waals surface area contributed by atoms with Crippen molar-refractivity contribution in [2.45, 2.75) is 25.8 Å². The third-order valence-corrected chi connectivity index (χ3v) is 1.46. The molecule has 0 aromatic rings. The Kier molecular flexibility index (Phi) is 1.51. The molecule has 1 rings (SSSR count). The highest BCUT2D eigenvalue weighted by molar-refractivity contribution is 5.97. The van der Waals surface area contributed by atoms with Crippen LogP contribution in [0.25, 0.3) is 0 Å². The van der Waals surface area contributed by atoms with E-state index in [0.717, 1.165) is 0 Å². The number of amides is 1. The largest absolute Gasteiger partial charge is 0.346 e. The molecule has 3 nitrogen and oxygen atoms in total. The van der Waals surface area contributed by atoms with Gasteiger partial charge < -0.3 is 5.32 Å². The first-order valence-electron chi connectivity index (χ1n) is 3.06. The summed E-state index contributed by atoms with van der Waals surface area (Å²) < 4.78 is 0. The number of β-lactam (4-membered cyclic amide) rings is 1. The third-order valence-electron chi connectivity index (χ3n) is 1.46. The van der Waals surface area contributed by atoms with Gasteiger partial charge in [-0.15, -0.1) is 0 Å². The summed E-state index contributed by atoms with van der Waals surface area (Å²) in [5.41, 5.74) is 0. The van der Waals surface area contributed by atoms with Crippen LogP contribution < -0.4 is 5.32 Å². The molecule has 0 bridgehead atoms. The monoisotopic (exact) mass is 127 g/mol. The van der Waals surface area contributed by atoms with Gasteiger partial charge in [-0.2, -0.15) is 0 Å². The number of nitrogens with one attached hydrogen (secondary N) is 1. The maximum Gasteiger partial charge on any atom is 0.223 e. The molecule has 1 aliphatic rings. The lowest BCUT2D eigenvalue weighted by Crippen LogP contribution is -2.52. The lowest BCUT2D eigenvalue weighted by atomic mass is 10.0. The van der Waals surface area contributed by atoms with Crippen molar-refractivity contribution < 1.29 is 9.59 Å². The van der Waals surface area contributed by atoms with Crippen LogP contribution in [0, 0.1) is 0 Å². The molecule has 0 spiro atoms. The fourth-order valence-electron chi connectivity index (χ4n) is 0.799. The van der Waals surface area contributed by atoms with Crippen LogP contribution in [0.1, 0.15) is 19.8 Å². The Morgan fingerprint density at radius 1 is 1.89 bits per heavy atom. The van der Waals surface area contributed by atoms with E-state index in [-0.39, 0.29) is 17.7 Å². The zero-order valence-corrected chi connectivity index (χ0v) is 5.31. The first kappa shape index (κ1) is 6.26. The van der Waals surface area contributed by atoms with Crippen molar-refractivity contribution in [2.24, 2.45) is 0 Å². The number of Topliss-reactive ketones (excluding diaryl/α,β-unsaturated/α-hetero) is 1. The van der Waals surface area contributed by atoms with Gasteiger partial charge in [0.2, 0.25) is 5.91 Å². The SMILES string of the molecule is CCC(=O)[C@@H]1CC(=O)N1. The number of ketones is 1. The normalized spacial score (nSPS) is 24.6. The van der Waals surface area contributed by atoms with Gasteiger partial charge in [0.25, 0.3) is 0 Å². The molecule has 3 heteroatoms. The summed E-state index contributed by atoms with van der Waals surface area (Å²) in [7, 11) is 0. The van der Waals surface area contributed by atoms with Crippen LogP contribution in [-0.4, -0.2) is 17.7 Å². The Balaban J connectivity index is 2.31. The minimum Gasteiger partial charge on any atom is -0.346 e. The van der Waals surface area contributed by atoms with Gasteiger partial charge in [-0.05, 0) is 0 Å². The molecule has 1 heterocycles. The Morgan fingerprint density at radius 2 is 2.44 bits per heavy atom. The van der Waals surface area contributed by atoms with Crippen LogP contribution >= 0.6 is 0 Å². The molecule has 0 aromatic carbocycles. The average molecular weight is 127 g/mol. The number of rotatable bonds is 2. The zero-order valence-electron chi connectivity index (χ0n) is 5.31. The van der Waals surface area contributed by atoms with Crippen molar-refractivity contribution in [3.05, 3.63) is 0 Å². The van der Waals surface area contributed by atoms with Crippen molar-refractivity contribution in [1.29, 1.82) is 0 Å². The fourth-order valence-corrected chi connectivity index (χ4v) is 0.799. The molecule has 0 aliphatic carbocycles. The van der Waals surface area contributed by atoms with Crippen LogP contribution in [0.4, 0.5) is 0 Å². The zero-order chi connectivity index (χ0) is 6.85. The van der Waals surface area contributed by atoms with Crippen LogP contribution in [0.3, 0.4) is 0 Å². The lowest BCUT2D eigenvalue weighted by molar-refractivity contribution is -0.136. The average Bonchev–Trinajstić information content (AvgIpc) is 1.79. The molecule has 1 N–H and O–H groups in total. The van der Waals surface area contributed by atoms with Crippen LogP contribution in [-0.2, 0) is 9.59 Å². The predicted molar refractivity (Wildman–Crippen MR) is 31.8 cm³/mol. The summed E-state index contributed by atoms with van der Waals surface area (Å²) in [6.07, 6.45) is 0.914. The van der Waals surface area contributed by atoms with E-state index >= 15 is 0 Å². The van der Waals surface area contributed by atoms with E-state index in [4.69, 9.17) is 0 Å². The van der Waals surface area contributed by atoms with E-state index in [1.165, 1.54) is 0 Å². The first-order chi connectivity index (χ1) is 4.24. The number of hydrogen-bond donors (Lipinski definition) is 1. The topological polar surface area (TPSA) is 46.2 Å². The van der Waals surface area contributed by atoms with E-state index in [1.807, 2.05) is 0 Å². The predicted octanol–water partition coefficient (Wildman–Crippen LogP) is -0.146. The van der Waals surface area contributed by atoms with Gasteiger partial charge in [0.1, 0.15) is 0 Å². The molecular weight excluding hydrogens is 118 g/mol. The van der Waals surface area contributed by atoms with Crippen LogP contribution in [0.15, 0.2) is 0 Å². The van der Waals surface area contributed by atoms with E-state index in [0.29, 0.717) is 12.8 Å². The van der Waals surface area contributed by atoms with Gasteiger partial charge in [0, 0.05) is 6.42 Å². The maximum atomic E-state index is 10.7. The number of hydrogen-bond acceptors (Lipinski definition) is 2. The molecule has 50 valence electrons. The van der Waals surface area contributed by atoms with Gasteiger partial charge in [0.05, 0.1) is 12.5 Å². The fraction of sp³-hybridized carbons (Fsp3) is 0.667. The molecule has 0 unspecified atom stereocenters. The number of carbonyl (C=O) groups excluding carboxylic acids is 2. The molecule has 1 aliphatic heterocycles. The highest BCUT2D eigenvalue weighted by Crippen LogP contribution is 2.06. The molecule has 0 radical (unpaired) electrons. The summed E-state index contributed by atoms with van der Waals surface area (Å²) in [5.74, 6) is 0.122. The summed E-state index contributed by atoms with van der Waals surface area (Å²) >= 11 is 0. The highest BCUT2D eigenvalue weighted by Gasteiger charge is 2.29. The second kappa shape index (κ2) is 2.17. The Morgan fingerprint density at radius 3 is 2.78 bits per heavy atom.